The van der Waals surface area contributed by atoms with Crippen molar-refractivity contribution in [3.63, 3.8) is 0 Å². The lowest BCUT2D eigenvalue weighted by Crippen LogP contribution is -2.35. The van der Waals surface area contributed by atoms with Gasteiger partial charge in [-0.15, -0.1) is 11.3 Å². The Kier molecular flexibility index (Phi) is 6.27. The van der Waals surface area contributed by atoms with E-state index >= 15 is 0 Å². The number of para-hydroxylation sites is 1. The third-order valence-electron chi connectivity index (χ3n) is 7.25. The van der Waals surface area contributed by atoms with E-state index in [9.17, 15) is 9.59 Å². The molecule has 1 aromatic heterocycles. The number of amides is 1. The molecular formula is C29H30N2O3S. The third kappa shape index (κ3) is 4.83. The van der Waals surface area contributed by atoms with Crippen LogP contribution in [0.5, 0.6) is 0 Å². The number of carbonyl (C=O) groups is 2. The monoisotopic (exact) mass is 486 g/mol. The minimum atomic E-state index is 0.0237. The van der Waals surface area contributed by atoms with E-state index in [0.29, 0.717) is 24.4 Å². The van der Waals surface area contributed by atoms with Crippen molar-refractivity contribution in [2.24, 2.45) is 5.92 Å². The molecule has 0 bridgehead atoms. The van der Waals surface area contributed by atoms with Gasteiger partial charge in [0.25, 0.3) is 5.91 Å². The first kappa shape index (κ1) is 22.7. The summed E-state index contributed by atoms with van der Waals surface area (Å²) in [6, 6.07) is 18.2. The van der Waals surface area contributed by atoms with E-state index in [1.807, 2.05) is 35.2 Å². The number of carbonyl (C=O) groups excluding carboxylic acids is 2. The quantitative estimate of drug-likeness (QED) is 0.436. The van der Waals surface area contributed by atoms with E-state index in [1.165, 1.54) is 24.0 Å². The molecule has 180 valence electrons. The molecular weight excluding hydrogens is 456 g/mol. The average molecular weight is 487 g/mol. The molecule has 3 aromatic rings. The SMILES string of the molecule is O=C(CC1CC1)c1cc2c(s1)-c1ccccc1N(C(=O)c1ccc(CN3CCOCC3)cc1)CC2. The molecule has 35 heavy (non-hydrogen) atoms. The van der Waals surface area contributed by atoms with Gasteiger partial charge in [-0.25, -0.2) is 0 Å². The van der Waals surface area contributed by atoms with Crippen LogP contribution in [0.25, 0.3) is 10.4 Å². The lowest BCUT2D eigenvalue weighted by Gasteiger charge is -2.26. The highest BCUT2D eigenvalue weighted by molar-refractivity contribution is 7.17. The van der Waals surface area contributed by atoms with E-state index in [4.69, 9.17) is 4.74 Å². The number of rotatable bonds is 6. The van der Waals surface area contributed by atoms with Crippen molar-refractivity contribution in [3.05, 3.63) is 76.2 Å². The standard InChI is InChI=1S/C29H30N2O3S/c32-26(17-20-5-6-20)27-18-23-11-12-31(25-4-2-1-3-24(25)28(23)35-27)29(33)22-9-7-21(8-10-22)19-30-13-15-34-16-14-30/h1-4,7-10,18,20H,5-6,11-17,19H2. The Labute approximate surface area is 210 Å². The highest BCUT2D eigenvalue weighted by atomic mass is 32.1. The highest BCUT2D eigenvalue weighted by Gasteiger charge is 2.29. The van der Waals surface area contributed by atoms with E-state index in [1.54, 1.807) is 11.3 Å². The van der Waals surface area contributed by atoms with Gasteiger partial charge in [0.1, 0.15) is 0 Å². The Morgan fingerprint density at radius 2 is 1.74 bits per heavy atom. The Morgan fingerprint density at radius 3 is 2.51 bits per heavy atom. The van der Waals surface area contributed by atoms with Crippen molar-refractivity contribution in [2.75, 3.05) is 37.7 Å². The third-order valence-corrected chi connectivity index (χ3v) is 8.51. The number of anilines is 1. The van der Waals surface area contributed by atoms with Crippen molar-refractivity contribution < 1.29 is 14.3 Å². The van der Waals surface area contributed by atoms with Crippen molar-refractivity contribution in [1.29, 1.82) is 0 Å². The number of morpholine rings is 1. The fraction of sp³-hybridized carbons (Fsp3) is 0.379. The fourth-order valence-electron chi connectivity index (χ4n) is 5.06. The van der Waals surface area contributed by atoms with Gasteiger partial charge in [0.05, 0.1) is 23.8 Å². The fourth-order valence-corrected chi connectivity index (χ4v) is 6.25. The molecule has 0 unspecified atom stereocenters. The Hall–Kier alpha value is -2.80. The number of ketones is 1. The van der Waals surface area contributed by atoms with Gasteiger partial charge in [-0.2, -0.15) is 0 Å². The second-order valence-corrected chi connectivity index (χ2v) is 10.9. The summed E-state index contributed by atoms with van der Waals surface area (Å²) in [5.74, 6) is 0.883. The molecule has 1 aliphatic carbocycles. The van der Waals surface area contributed by atoms with E-state index in [2.05, 4.69) is 29.2 Å². The first-order chi connectivity index (χ1) is 17.2. The zero-order valence-corrected chi connectivity index (χ0v) is 20.7. The molecule has 0 atom stereocenters. The second-order valence-electron chi connectivity index (χ2n) is 9.85. The first-order valence-corrected chi connectivity index (χ1v) is 13.4. The normalized spacial score (nSPS) is 18.0. The van der Waals surface area contributed by atoms with Crippen LogP contribution >= 0.6 is 11.3 Å². The van der Waals surface area contributed by atoms with Gasteiger partial charge in [0.15, 0.2) is 5.78 Å². The molecule has 6 rings (SSSR count). The summed E-state index contributed by atoms with van der Waals surface area (Å²) < 4.78 is 5.44. The molecule has 1 amide bonds. The number of hydrogen-bond acceptors (Lipinski definition) is 5. The molecule has 5 nitrogen and oxygen atoms in total. The molecule has 0 radical (unpaired) electrons. The molecule has 2 fully saturated rings. The number of hydrogen-bond donors (Lipinski definition) is 0. The first-order valence-electron chi connectivity index (χ1n) is 12.6. The molecule has 3 aliphatic rings. The number of benzene rings is 2. The molecule has 6 heteroatoms. The summed E-state index contributed by atoms with van der Waals surface area (Å²) >= 11 is 1.60. The van der Waals surface area contributed by atoms with Gasteiger partial charge in [-0.1, -0.05) is 30.3 Å². The highest BCUT2D eigenvalue weighted by Crippen LogP contribution is 2.43. The number of fused-ring (bicyclic) bond motifs is 3. The summed E-state index contributed by atoms with van der Waals surface area (Å²) in [5, 5.41) is 0. The summed E-state index contributed by atoms with van der Waals surface area (Å²) in [6.45, 7) is 4.95. The van der Waals surface area contributed by atoms with Crippen LogP contribution in [0.2, 0.25) is 0 Å². The summed E-state index contributed by atoms with van der Waals surface area (Å²) in [6.07, 6.45) is 3.79. The van der Waals surface area contributed by atoms with Crippen LogP contribution in [-0.4, -0.2) is 49.4 Å². The zero-order chi connectivity index (χ0) is 23.8. The predicted molar refractivity (Wildman–Crippen MR) is 139 cm³/mol. The molecule has 0 spiro atoms. The van der Waals surface area contributed by atoms with Gasteiger partial charge in [0, 0.05) is 48.6 Å². The Bertz CT molecular complexity index is 1240. The second kappa shape index (κ2) is 9.69. The van der Waals surface area contributed by atoms with E-state index in [-0.39, 0.29) is 11.7 Å². The predicted octanol–water partition coefficient (Wildman–Crippen LogP) is 5.43. The maximum Gasteiger partial charge on any atom is 0.258 e. The topological polar surface area (TPSA) is 49.9 Å². The number of ether oxygens (including phenoxy) is 1. The van der Waals surface area contributed by atoms with Crippen LogP contribution in [-0.2, 0) is 17.7 Å². The van der Waals surface area contributed by atoms with Crippen LogP contribution < -0.4 is 4.90 Å². The van der Waals surface area contributed by atoms with Crippen molar-refractivity contribution in [1.82, 2.24) is 4.90 Å². The largest absolute Gasteiger partial charge is 0.379 e. The molecule has 2 aromatic carbocycles. The van der Waals surface area contributed by atoms with Crippen molar-refractivity contribution in [2.45, 2.75) is 32.2 Å². The lowest BCUT2D eigenvalue weighted by molar-refractivity contribution is 0.0342. The molecule has 2 aliphatic heterocycles. The summed E-state index contributed by atoms with van der Waals surface area (Å²) in [7, 11) is 0. The molecule has 3 heterocycles. The van der Waals surface area contributed by atoms with Crippen LogP contribution in [0.15, 0.2) is 54.6 Å². The van der Waals surface area contributed by atoms with E-state index in [0.717, 1.165) is 60.3 Å². The lowest BCUT2D eigenvalue weighted by atomic mass is 10.1. The van der Waals surface area contributed by atoms with Crippen LogP contribution in [0.3, 0.4) is 0 Å². The van der Waals surface area contributed by atoms with Gasteiger partial charge in [-0.3, -0.25) is 14.5 Å². The van der Waals surface area contributed by atoms with Gasteiger partial charge < -0.3 is 9.64 Å². The molecule has 1 saturated carbocycles. The maximum atomic E-state index is 13.6. The minimum absolute atomic E-state index is 0.0237. The maximum absolute atomic E-state index is 13.6. The van der Waals surface area contributed by atoms with E-state index < -0.39 is 0 Å². The van der Waals surface area contributed by atoms with Crippen LogP contribution in [0, 0.1) is 5.92 Å². The Morgan fingerprint density at radius 1 is 0.971 bits per heavy atom. The molecule has 1 saturated heterocycles. The summed E-state index contributed by atoms with van der Waals surface area (Å²) in [4.78, 5) is 32.7. The average Bonchev–Trinajstić information content (AvgIpc) is 3.63. The van der Waals surface area contributed by atoms with Gasteiger partial charge in [0.2, 0.25) is 0 Å². The summed E-state index contributed by atoms with van der Waals surface area (Å²) in [5.41, 5.74) is 5.07. The van der Waals surface area contributed by atoms with Gasteiger partial charge in [-0.05, 0) is 60.6 Å². The number of thiophene rings is 1. The Balaban J connectivity index is 1.23. The number of nitrogens with zero attached hydrogens (tertiary/aromatic N) is 2. The van der Waals surface area contributed by atoms with Crippen molar-refractivity contribution >= 4 is 28.7 Å². The van der Waals surface area contributed by atoms with Crippen LogP contribution in [0.4, 0.5) is 5.69 Å². The number of Topliss-reactive ketones (excluding diaryl/α,β-unsaturated/α-hetero) is 1. The smallest absolute Gasteiger partial charge is 0.258 e. The van der Waals surface area contributed by atoms with Crippen LogP contribution in [0.1, 0.15) is 50.4 Å². The zero-order valence-electron chi connectivity index (χ0n) is 19.9. The van der Waals surface area contributed by atoms with Gasteiger partial charge >= 0.3 is 0 Å². The van der Waals surface area contributed by atoms with Crippen molar-refractivity contribution in [3.8, 4) is 10.4 Å². The minimum Gasteiger partial charge on any atom is -0.379 e. The molecule has 0 N–H and O–H groups in total.